The summed E-state index contributed by atoms with van der Waals surface area (Å²) in [4.78, 5) is 16.2. The van der Waals surface area contributed by atoms with E-state index in [1.165, 1.54) is 0 Å². The van der Waals surface area contributed by atoms with Crippen molar-refractivity contribution in [2.45, 2.75) is 52.9 Å². The van der Waals surface area contributed by atoms with Crippen LogP contribution in [-0.2, 0) is 9.53 Å². The number of carbonyl (C=O) groups excluding carboxylic acids is 1. The fraction of sp³-hybridized carbons (Fsp3) is 0.455. The Morgan fingerprint density at radius 3 is 2.65 bits per heavy atom. The highest BCUT2D eigenvalue weighted by atomic mass is 16.5. The number of unbranched alkanes of at least 4 members (excludes halogenated alkanes) is 2. The molecular weight excluding hydrogens is 326 g/mol. The van der Waals surface area contributed by atoms with Crippen molar-refractivity contribution < 1.29 is 13.9 Å². The zero-order valence-electron chi connectivity index (χ0n) is 16.2. The predicted molar refractivity (Wildman–Crippen MR) is 104 cm³/mol. The molecule has 2 aromatic rings. The number of oxazole rings is 1. The minimum Gasteiger partial charge on any atom is -0.465 e. The van der Waals surface area contributed by atoms with Gasteiger partial charge in [0, 0.05) is 5.56 Å². The molecule has 1 aromatic heterocycles. The van der Waals surface area contributed by atoms with Crippen LogP contribution in [0.5, 0.6) is 0 Å². The highest BCUT2D eigenvalue weighted by Gasteiger charge is 2.22. The second-order valence-electron chi connectivity index (χ2n) is 7.54. The number of nitrogens with zero attached hydrogens (tertiary/aromatic N) is 1. The second-order valence-corrected chi connectivity index (χ2v) is 7.54. The van der Waals surface area contributed by atoms with Gasteiger partial charge >= 0.3 is 5.97 Å². The smallest absolute Gasteiger partial charge is 0.311 e. The number of hydrogen-bond donors (Lipinski definition) is 0. The maximum Gasteiger partial charge on any atom is 0.311 e. The molecule has 0 bridgehead atoms. The number of hydrogen-bond acceptors (Lipinski definition) is 4. The van der Waals surface area contributed by atoms with Gasteiger partial charge in [-0.15, -0.1) is 0 Å². The van der Waals surface area contributed by atoms with E-state index in [0.717, 1.165) is 36.4 Å². The third kappa shape index (κ3) is 6.17. The quantitative estimate of drug-likeness (QED) is 0.343. The Kier molecular flexibility index (Phi) is 7.19. The molecule has 140 valence electrons. The maximum atomic E-state index is 11.7. The number of allylic oxidation sites excluding steroid dienone is 2. The molecule has 0 aliphatic heterocycles. The van der Waals surface area contributed by atoms with Crippen molar-refractivity contribution in [3.8, 4) is 11.3 Å². The summed E-state index contributed by atoms with van der Waals surface area (Å²) >= 11 is 0. The summed E-state index contributed by atoms with van der Waals surface area (Å²) in [5.41, 5.74) is 1.49. The molecule has 0 spiro atoms. The number of benzene rings is 1. The number of carbonyl (C=O) groups is 1. The lowest BCUT2D eigenvalue weighted by Crippen LogP contribution is -2.23. The molecule has 4 heteroatoms. The number of ether oxygens (including phenoxy) is 1. The van der Waals surface area contributed by atoms with Gasteiger partial charge in [0.2, 0.25) is 5.89 Å². The molecule has 0 saturated heterocycles. The monoisotopic (exact) mass is 355 g/mol. The number of aromatic nitrogens is 1. The van der Waals surface area contributed by atoms with E-state index >= 15 is 0 Å². The van der Waals surface area contributed by atoms with Gasteiger partial charge in [-0.25, -0.2) is 4.98 Å². The summed E-state index contributed by atoms with van der Waals surface area (Å²) < 4.78 is 10.9. The van der Waals surface area contributed by atoms with E-state index in [2.05, 4.69) is 24.1 Å². The van der Waals surface area contributed by atoms with Gasteiger partial charge in [0.05, 0.1) is 17.9 Å². The molecule has 0 aliphatic rings. The molecule has 2 rings (SSSR count). The van der Waals surface area contributed by atoms with Gasteiger partial charge in [0.15, 0.2) is 0 Å². The third-order valence-corrected chi connectivity index (χ3v) is 4.02. The molecule has 1 aromatic carbocycles. The lowest BCUT2D eigenvalue weighted by atomic mass is 9.97. The van der Waals surface area contributed by atoms with Crippen molar-refractivity contribution in [1.82, 2.24) is 4.98 Å². The van der Waals surface area contributed by atoms with Crippen LogP contribution in [0.3, 0.4) is 0 Å². The van der Waals surface area contributed by atoms with Crippen molar-refractivity contribution in [3.05, 3.63) is 54.6 Å². The summed E-state index contributed by atoms with van der Waals surface area (Å²) in [6, 6.07) is 10.0. The Hall–Kier alpha value is -2.36. The molecule has 0 radical (unpaired) electrons. The van der Waals surface area contributed by atoms with Crippen LogP contribution in [0.25, 0.3) is 11.3 Å². The van der Waals surface area contributed by atoms with Gasteiger partial charge in [0.25, 0.3) is 0 Å². The molecule has 0 amide bonds. The zero-order chi connectivity index (χ0) is 19.0. The standard InChI is InChI=1S/C22H29NO3/c1-17(12-8-5-6-11-15-25-21(24)22(2,3)4)20-23-19(16-26-20)18-13-9-7-10-14-18/h7-10,12-14,16-17H,5-6,11,15H2,1-4H3/b12-8+. The first kappa shape index (κ1) is 20.0. The van der Waals surface area contributed by atoms with E-state index in [1.807, 2.05) is 51.1 Å². The maximum absolute atomic E-state index is 11.7. The molecule has 1 heterocycles. The SMILES string of the molecule is CC(/C=C/CCCCOC(=O)C(C)(C)C)c1nc(-c2ccccc2)co1. The minimum atomic E-state index is -0.427. The topological polar surface area (TPSA) is 52.3 Å². The van der Waals surface area contributed by atoms with Crippen LogP contribution in [0, 0.1) is 5.41 Å². The van der Waals surface area contributed by atoms with Crippen LogP contribution in [0.4, 0.5) is 0 Å². The summed E-state index contributed by atoms with van der Waals surface area (Å²) in [5.74, 6) is 0.713. The van der Waals surface area contributed by atoms with Crippen molar-refractivity contribution in [2.24, 2.45) is 5.41 Å². The largest absolute Gasteiger partial charge is 0.465 e. The van der Waals surface area contributed by atoms with E-state index in [0.29, 0.717) is 6.61 Å². The fourth-order valence-corrected chi connectivity index (χ4v) is 2.37. The van der Waals surface area contributed by atoms with E-state index in [-0.39, 0.29) is 11.9 Å². The number of esters is 1. The van der Waals surface area contributed by atoms with Crippen LogP contribution >= 0.6 is 0 Å². The molecule has 0 fully saturated rings. The molecule has 0 N–H and O–H groups in total. The molecular formula is C22H29NO3. The lowest BCUT2D eigenvalue weighted by molar-refractivity contribution is -0.153. The highest BCUT2D eigenvalue weighted by Crippen LogP contribution is 2.23. The fourth-order valence-electron chi connectivity index (χ4n) is 2.37. The van der Waals surface area contributed by atoms with Gasteiger partial charge in [-0.05, 0) is 40.0 Å². The molecule has 0 saturated carbocycles. The van der Waals surface area contributed by atoms with Crippen LogP contribution in [0.2, 0.25) is 0 Å². The Morgan fingerprint density at radius 1 is 1.23 bits per heavy atom. The van der Waals surface area contributed by atoms with Gasteiger partial charge in [-0.2, -0.15) is 0 Å². The van der Waals surface area contributed by atoms with Gasteiger partial charge in [0.1, 0.15) is 12.0 Å². The Bertz CT molecular complexity index is 710. The molecule has 1 unspecified atom stereocenters. The van der Waals surface area contributed by atoms with Crippen molar-refractivity contribution >= 4 is 5.97 Å². The first-order chi connectivity index (χ1) is 12.4. The molecule has 4 nitrogen and oxygen atoms in total. The van der Waals surface area contributed by atoms with Gasteiger partial charge < -0.3 is 9.15 Å². The van der Waals surface area contributed by atoms with Crippen LogP contribution < -0.4 is 0 Å². The van der Waals surface area contributed by atoms with E-state index < -0.39 is 5.41 Å². The van der Waals surface area contributed by atoms with Crippen LogP contribution in [-0.4, -0.2) is 17.6 Å². The Morgan fingerprint density at radius 2 is 1.96 bits per heavy atom. The predicted octanol–water partition coefficient (Wildman–Crippen LogP) is 5.76. The molecule has 0 aliphatic carbocycles. The Balaban J connectivity index is 1.71. The first-order valence-electron chi connectivity index (χ1n) is 9.22. The second kappa shape index (κ2) is 9.37. The van der Waals surface area contributed by atoms with E-state index in [9.17, 15) is 4.79 Å². The Labute approximate surface area is 156 Å². The lowest BCUT2D eigenvalue weighted by Gasteiger charge is -2.16. The van der Waals surface area contributed by atoms with Crippen LogP contribution in [0.15, 0.2) is 53.2 Å². The van der Waals surface area contributed by atoms with Crippen molar-refractivity contribution in [2.75, 3.05) is 6.61 Å². The average Bonchev–Trinajstić information content (AvgIpc) is 3.10. The normalized spacial score (nSPS) is 13.1. The summed E-state index contributed by atoms with van der Waals surface area (Å²) in [6.45, 7) is 8.16. The molecule has 26 heavy (non-hydrogen) atoms. The number of rotatable bonds is 8. The van der Waals surface area contributed by atoms with Crippen molar-refractivity contribution in [1.29, 1.82) is 0 Å². The summed E-state index contributed by atoms with van der Waals surface area (Å²) in [5, 5.41) is 0. The van der Waals surface area contributed by atoms with Crippen molar-refractivity contribution in [3.63, 3.8) is 0 Å². The minimum absolute atomic E-state index is 0.131. The van der Waals surface area contributed by atoms with Crippen LogP contribution in [0.1, 0.15) is 58.8 Å². The van der Waals surface area contributed by atoms with Gasteiger partial charge in [-0.1, -0.05) is 49.4 Å². The van der Waals surface area contributed by atoms with Gasteiger partial charge in [-0.3, -0.25) is 4.79 Å². The third-order valence-electron chi connectivity index (χ3n) is 4.02. The van der Waals surface area contributed by atoms with E-state index in [4.69, 9.17) is 9.15 Å². The first-order valence-corrected chi connectivity index (χ1v) is 9.22. The summed E-state index contributed by atoms with van der Waals surface area (Å²) in [7, 11) is 0. The van der Waals surface area contributed by atoms with E-state index in [1.54, 1.807) is 6.26 Å². The highest BCUT2D eigenvalue weighted by molar-refractivity contribution is 5.75. The molecule has 1 atom stereocenters. The summed E-state index contributed by atoms with van der Waals surface area (Å²) in [6.07, 6.45) is 8.77. The zero-order valence-corrected chi connectivity index (χ0v) is 16.2. The average molecular weight is 355 g/mol.